The van der Waals surface area contributed by atoms with E-state index in [-0.39, 0.29) is 12.5 Å². The number of hydrogen-bond donors (Lipinski definition) is 1. The van der Waals surface area contributed by atoms with E-state index in [1.165, 1.54) is 0 Å². The Hall–Kier alpha value is -0.710. The molecular weight excluding hydrogens is 188 g/mol. The predicted molar refractivity (Wildman–Crippen MR) is 52.1 cm³/mol. The molecule has 0 saturated carbocycles. The van der Waals surface area contributed by atoms with Gasteiger partial charge in [-0.05, 0) is 6.42 Å². The molecular formula is C8H12N2O2S. The van der Waals surface area contributed by atoms with Crippen molar-refractivity contribution in [1.29, 1.82) is 0 Å². The lowest BCUT2D eigenvalue weighted by atomic mass is 10.2. The molecule has 5 heteroatoms. The summed E-state index contributed by atoms with van der Waals surface area (Å²) in [5.41, 5.74) is 0. The molecule has 0 unspecified atom stereocenters. The fourth-order valence-electron chi connectivity index (χ4n) is 1.62. The zero-order valence-corrected chi connectivity index (χ0v) is 8.09. The molecule has 0 aliphatic carbocycles. The van der Waals surface area contributed by atoms with Crippen LogP contribution in [0.25, 0.3) is 0 Å². The minimum absolute atomic E-state index is 0.221. The largest absolute Gasteiger partial charge is 0.481 e. The number of amidine groups is 1. The van der Waals surface area contributed by atoms with Gasteiger partial charge >= 0.3 is 5.97 Å². The number of carboxylic acids is 1. The Morgan fingerprint density at radius 3 is 3.31 bits per heavy atom. The van der Waals surface area contributed by atoms with Gasteiger partial charge in [0, 0.05) is 25.3 Å². The van der Waals surface area contributed by atoms with E-state index in [1.54, 1.807) is 11.8 Å². The average molecular weight is 200 g/mol. The van der Waals surface area contributed by atoms with Crippen molar-refractivity contribution in [3.63, 3.8) is 0 Å². The van der Waals surface area contributed by atoms with Crippen molar-refractivity contribution in [2.75, 3.05) is 18.8 Å². The van der Waals surface area contributed by atoms with E-state index in [1.807, 2.05) is 0 Å². The highest BCUT2D eigenvalue weighted by atomic mass is 32.2. The Bertz CT molecular complexity index is 255. The smallest absolute Gasteiger partial charge is 0.303 e. The van der Waals surface area contributed by atoms with E-state index < -0.39 is 5.97 Å². The van der Waals surface area contributed by atoms with Gasteiger partial charge in [0.25, 0.3) is 0 Å². The molecule has 1 N–H and O–H groups in total. The molecule has 2 aliphatic heterocycles. The van der Waals surface area contributed by atoms with Crippen LogP contribution >= 0.6 is 11.8 Å². The van der Waals surface area contributed by atoms with E-state index in [9.17, 15) is 4.79 Å². The lowest BCUT2D eigenvalue weighted by Gasteiger charge is -2.11. The van der Waals surface area contributed by atoms with Crippen LogP contribution in [0.3, 0.4) is 0 Å². The fourth-order valence-corrected chi connectivity index (χ4v) is 2.69. The predicted octanol–water partition coefficient (Wildman–Crippen LogP) is 0.638. The molecule has 0 aromatic heterocycles. The van der Waals surface area contributed by atoms with Crippen LogP contribution in [0, 0.1) is 0 Å². The first-order valence-corrected chi connectivity index (χ1v) is 5.41. The summed E-state index contributed by atoms with van der Waals surface area (Å²) in [7, 11) is 0. The van der Waals surface area contributed by atoms with Crippen LogP contribution in [0.4, 0.5) is 0 Å². The normalized spacial score (nSPS) is 26.0. The molecule has 0 amide bonds. The van der Waals surface area contributed by atoms with Gasteiger partial charge in [0.15, 0.2) is 5.17 Å². The monoisotopic (exact) mass is 200 g/mol. The average Bonchev–Trinajstić information content (AvgIpc) is 2.58. The van der Waals surface area contributed by atoms with Crippen LogP contribution in [0.2, 0.25) is 0 Å². The van der Waals surface area contributed by atoms with Gasteiger partial charge in [-0.2, -0.15) is 0 Å². The van der Waals surface area contributed by atoms with Crippen molar-refractivity contribution in [1.82, 2.24) is 4.90 Å². The van der Waals surface area contributed by atoms with Crippen molar-refractivity contribution in [2.24, 2.45) is 4.99 Å². The number of hydrogen-bond acceptors (Lipinski definition) is 4. The molecule has 0 spiro atoms. The quantitative estimate of drug-likeness (QED) is 0.726. The summed E-state index contributed by atoms with van der Waals surface area (Å²) < 4.78 is 0. The highest BCUT2D eigenvalue weighted by Crippen LogP contribution is 2.25. The lowest BCUT2D eigenvalue weighted by molar-refractivity contribution is -0.137. The van der Waals surface area contributed by atoms with Crippen molar-refractivity contribution >= 4 is 22.9 Å². The van der Waals surface area contributed by atoms with E-state index in [4.69, 9.17) is 5.11 Å². The van der Waals surface area contributed by atoms with Crippen molar-refractivity contribution in [3.8, 4) is 0 Å². The van der Waals surface area contributed by atoms with Crippen LogP contribution in [0.1, 0.15) is 12.8 Å². The molecule has 2 rings (SSSR count). The fraction of sp³-hybridized carbons (Fsp3) is 0.750. The minimum Gasteiger partial charge on any atom is -0.481 e. The second kappa shape index (κ2) is 3.57. The van der Waals surface area contributed by atoms with Gasteiger partial charge in [-0.3, -0.25) is 9.79 Å². The van der Waals surface area contributed by atoms with Gasteiger partial charge in [0.1, 0.15) is 0 Å². The second-order valence-electron chi connectivity index (χ2n) is 3.29. The van der Waals surface area contributed by atoms with Crippen molar-refractivity contribution in [2.45, 2.75) is 18.9 Å². The maximum Gasteiger partial charge on any atom is 0.303 e. The van der Waals surface area contributed by atoms with Crippen LogP contribution in [-0.4, -0.2) is 46.0 Å². The zero-order valence-electron chi connectivity index (χ0n) is 7.27. The summed E-state index contributed by atoms with van der Waals surface area (Å²) in [6, 6.07) is 0.221. The Labute approximate surface area is 81.0 Å². The standard InChI is InChI=1S/C8H12N2O2S/c11-7(12)2-1-6-5-10-3-4-13-8(10)9-6/h6H,1-5H2,(H,11,12)/t6-/m0/s1. The summed E-state index contributed by atoms with van der Waals surface area (Å²) in [5.74, 6) is 0.407. The summed E-state index contributed by atoms with van der Waals surface area (Å²) in [6.07, 6.45) is 0.913. The van der Waals surface area contributed by atoms with Gasteiger partial charge in [0.05, 0.1) is 6.04 Å². The number of rotatable bonds is 3. The Morgan fingerprint density at radius 1 is 1.77 bits per heavy atom. The molecule has 0 aromatic rings. The highest BCUT2D eigenvalue weighted by Gasteiger charge is 2.29. The number of carboxylic acid groups (broad SMARTS) is 1. The zero-order chi connectivity index (χ0) is 9.26. The Kier molecular flexibility index (Phi) is 2.44. The van der Waals surface area contributed by atoms with E-state index in [0.717, 1.165) is 24.0 Å². The second-order valence-corrected chi connectivity index (χ2v) is 4.35. The van der Waals surface area contributed by atoms with Gasteiger partial charge in [0.2, 0.25) is 0 Å². The Morgan fingerprint density at radius 2 is 2.62 bits per heavy atom. The summed E-state index contributed by atoms with van der Waals surface area (Å²) >= 11 is 1.78. The summed E-state index contributed by atoms with van der Waals surface area (Å²) in [5, 5.41) is 9.63. The van der Waals surface area contributed by atoms with Crippen LogP contribution in [-0.2, 0) is 4.79 Å². The molecule has 1 saturated heterocycles. The van der Waals surface area contributed by atoms with Crippen LogP contribution in [0.5, 0.6) is 0 Å². The molecule has 72 valence electrons. The lowest BCUT2D eigenvalue weighted by Crippen LogP contribution is -2.24. The molecule has 2 aliphatic rings. The van der Waals surface area contributed by atoms with Gasteiger partial charge in [-0.25, -0.2) is 0 Å². The molecule has 0 aromatic carbocycles. The third-order valence-electron chi connectivity index (χ3n) is 2.28. The maximum absolute atomic E-state index is 10.3. The first kappa shape index (κ1) is 8.87. The van der Waals surface area contributed by atoms with Gasteiger partial charge in [-0.1, -0.05) is 11.8 Å². The summed E-state index contributed by atoms with van der Waals surface area (Å²) in [4.78, 5) is 17.0. The van der Waals surface area contributed by atoms with E-state index in [0.29, 0.717) is 6.42 Å². The number of aliphatic imine (C=N–C) groups is 1. The third-order valence-corrected chi connectivity index (χ3v) is 3.29. The van der Waals surface area contributed by atoms with Crippen LogP contribution in [0.15, 0.2) is 4.99 Å². The topological polar surface area (TPSA) is 52.9 Å². The molecule has 1 fully saturated rings. The number of nitrogens with zero attached hydrogens (tertiary/aromatic N) is 2. The summed E-state index contributed by atoms with van der Waals surface area (Å²) in [6.45, 7) is 2.00. The molecule has 1 atom stereocenters. The maximum atomic E-state index is 10.3. The SMILES string of the molecule is O=C(O)CC[C@H]1CN2CCSC2=N1. The highest BCUT2D eigenvalue weighted by molar-refractivity contribution is 8.14. The number of aliphatic carboxylic acids is 1. The minimum atomic E-state index is -0.722. The first-order valence-electron chi connectivity index (χ1n) is 4.43. The first-order chi connectivity index (χ1) is 6.25. The molecule has 4 nitrogen and oxygen atoms in total. The molecule has 13 heavy (non-hydrogen) atoms. The number of thioether (sulfide) groups is 1. The van der Waals surface area contributed by atoms with E-state index in [2.05, 4.69) is 9.89 Å². The third kappa shape index (κ3) is 1.96. The molecule has 0 radical (unpaired) electrons. The van der Waals surface area contributed by atoms with Crippen molar-refractivity contribution in [3.05, 3.63) is 0 Å². The number of fused-ring (bicyclic) bond motifs is 1. The molecule has 2 heterocycles. The molecule has 0 bridgehead atoms. The Balaban J connectivity index is 1.84. The number of carbonyl (C=O) groups is 1. The van der Waals surface area contributed by atoms with Gasteiger partial charge in [-0.15, -0.1) is 0 Å². The van der Waals surface area contributed by atoms with Crippen molar-refractivity contribution < 1.29 is 9.90 Å². The van der Waals surface area contributed by atoms with Crippen LogP contribution < -0.4 is 0 Å². The van der Waals surface area contributed by atoms with Gasteiger partial charge < -0.3 is 10.0 Å². The van der Waals surface area contributed by atoms with E-state index >= 15 is 0 Å².